The number of amides is 1. The van der Waals surface area contributed by atoms with E-state index in [1.54, 1.807) is 0 Å². The molecule has 1 unspecified atom stereocenters. The molecular formula is C28H29F2N5O4S. The summed E-state index contributed by atoms with van der Waals surface area (Å²) >= 11 is 0. The fourth-order valence-corrected chi connectivity index (χ4v) is 6.98. The zero-order valence-corrected chi connectivity index (χ0v) is 23.2. The average Bonchev–Trinajstić information content (AvgIpc) is 3.59. The highest BCUT2D eigenvalue weighted by molar-refractivity contribution is 7.88. The molecule has 2 aromatic carbocycles. The molecule has 0 N–H and O–H groups in total. The summed E-state index contributed by atoms with van der Waals surface area (Å²) in [4.78, 5) is 19.6. The summed E-state index contributed by atoms with van der Waals surface area (Å²) in [5.74, 6) is -0.877. The number of rotatable bonds is 5. The Morgan fingerprint density at radius 1 is 1.00 bits per heavy atom. The van der Waals surface area contributed by atoms with Crippen molar-refractivity contribution >= 4 is 32.7 Å². The van der Waals surface area contributed by atoms with Gasteiger partial charge in [-0.15, -0.1) is 0 Å². The average molecular weight is 570 g/mol. The minimum Gasteiger partial charge on any atom is -0.361 e. The number of sulfonamides is 1. The molecule has 2 aromatic heterocycles. The predicted molar refractivity (Wildman–Crippen MR) is 145 cm³/mol. The van der Waals surface area contributed by atoms with E-state index in [9.17, 15) is 22.0 Å². The molecule has 1 atom stereocenters. The van der Waals surface area contributed by atoms with Crippen LogP contribution in [0.1, 0.15) is 55.0 Å². The van der Waals surface area contributed by atoms with Gasteiger partial charge < -0.3 is 14.0 Å². The number of benzene rings is 2. The van der Waals surface area contributed by atoms with E-state index in [4.69, 9.17) is 9.51 Å². The molecule has 40 heavy (non-hydrogen) atoms. The van der Waals surface area contributed by atoms with Gasteiger partial charge in [-0.3, -0.25) is 4.79 Å². The summed E-state index contributed by atoms with van der Waals surface area (Å²) in [7, 11) is -3.31. The maximum Gasteiger partial charge on any atom is 0.227 e. The van der Waals surface area contributed by atoms with Crippen LogP contribution in [0.4, 0.5) is 14.5 Å². The van der Waals surface area contributed by atoms with Gasteiger partial charge in [-0.1, -0.05) is 11.2 Å². The molecule has 2 aliphatic heterocycles. The number of hydrogen-bond donors (Lipinski definition) is 0. The molecule has 0 bridgehead atoms. The van der Waals surface area contributed by atoms with Crippen molar-refractivity contribution in [2.24, 2.45) is 0 Å². The summed E-state index contributed by atoms with van der Waals surface area (Å²) in [5, 5.41) is 4.07. The van der Waals surface area contributed by atoms with Gasteiger partial charge in [-0.05, 0) is 62.9 Å². The van der Waals surface area contributed by atoms with E-state index in [2.05, 4.69) is 9.72 Å². The Kier molecular flexibility index (Phi) is 6.49. The molecular weight excluding hydrogens is 540 g/mol. The molecule has 0 radical (unpaired) electrons. The van der Waals surface area contributed by atoms with E-state index in [0.29, 0.717) is 49.5 Å². The third-order valence-electron chi connectivity index (χ3n) is 7.99. The molecule has 4 heterocycles. The predicted octanol–water partition coefficient (Wildman–Crippen LogP) is 5.05. The summed E-state index contributed by atoms with van der Waals surface area (Å²) in [6.07, 6.45) is 3.06. The Morgan fingerprint density at radius 2 is 1.75 bits per heavy atom. The zero-order chi connectivity index (χ0) is 28.3. The number of anilines is 1. The third-order valence-corrected chi connectivity index (χ3v) is 9.29. The minimum atomic E-state index is -3.31. The van der Waals surface area contributed by atoms with E-state index in [0.717, 1.165) is 34.5 Å². The van der Waals surface area contributed by atoms with Crippen molar-refractivity contribution in [2.45, 2.75) is 51.6 Å². The van der Waals surface area contributed by atoms with Crippen LogP contribution >= 0.6 is 0 Å². The molecule has 2 saturated heterocycles. The van der Waals surface area contributed by atoms with E-state index in [1.165, 1.54) is 21.5 Å². The monoisotopic (exact) mass is 569 g/mol. The van der Waals surface area contributed by atoms with Gasteiger partial charge in [0.2, 0.25) is 15.9 Å². The number of carbonyl (C=O) groups excluding carboxylic acids is 1. The lowest BCUT2D eigenvalue weighted by Crippen LogP contribution is -2.39. The molecule has 2 fully saturated rings. The van der Waals surface area contributed by atoms with Crippen molar-refractivity contribution in [1.29, 1.82) is 0 Å². The number of aryl methyl sites for hydroxylation is 2. The highest BCUT2D eigenvalue weighted by Gasteiger charge is 2.39. The van der Waals surface area contributed by atoms with Gasteiger partial charge in [0.1, 0.15) is 11.6 Å². The van der Waals surface area contributed by atoms with Crippen LogP contribution in [0.3, 0.4) is 0 Å². The summed E-state index contributed by atoms with van der Waals surface area (Å²) in [5.41, 5.74) is 4.38. The normalized spacial score (nSPS) is 19.3. The Morgan fingerprint density at radius 3 is 2.40 bits per heavy atom. The van der Waals surface area contributed by atoms with Crippen LogP contribution in [-0.2, 0) is 14.8 Å². The number of fused-ring (bicyclic) bond motifs is 1. The summed E-state index contributed by atoms with van der Waals surface area (Å²) in [6.45, 7) is 4.47. The fraction of sp³-hybridized carbons (Fsp3) is 0.393. The number of nitrogens with zero attached hydrogens (tertiary/aromatic N) is 5. The SMILES string of the molecule is Cc1noc(C)c1-c1ccc2c(c1)nc(C1CCC(=O)N1c1ccc(F)c(F)c1)n2C1CCN(S(C)(=O)=O)CC1. The van der Waals surface area contributed by atoms with Gasteiger partial charge in [-0.25, -0.2) is 26.5 Å². The topological polar surface area (TPSA) is 102 Å². The van der Waals surface area contributed by atoms with Crippen molar-refractivity contribution in [3.8, 4) is 11.1 Å². The molecule has 6 rings (SSSR count). The van der Waals surface area contributed by atoms with Crippen LogP contribution in [0.2, 0.25) is 0 Å². The maximum atomic E-state index is 14.2. The highest BCUT2D eigenvalue weighted by Crippen LogP contribution is 2.41. The lowest BCUT2D eigenvalue weighted by Gasteiger charge is -2.33. The van der Waals surface area contributed by atoms with E-state index in [-0.39, 0.29) is 24.1 Å². The number of imidazole rings is 1. The maximum absolute atomic E-state index is 14.2. The molecule has 2 aliphatic rings. The first kappa shape index (κ1) is 26.6. The second-order valence-electron chi connectivity index (χ2n) is 10.6. The Bertz CT molecular complexity index is 1720. The third kappa shape index (κ3) is 4.48. The molecule has 9 nitrogen and oxygen atoms in total. The van der Waals surface area contributed by atoms with Crippen LogP contribution in [-0.4, -0.2) is 52.7 Å². The van der Waals surface area contributed by atoms with E-state index in [1.807, 2.05) is 32.0 Å². The molecule has 0 saturated carbocycles. The quantitative estimate of drug-likeness (QED) is 0.333. The van der Waals surface area contributed by atoms with Crippen molar-refractivity contribution in [3.63, 3.8) is 0 Å². The smallest absolute Gasteiger partial charge is 0.227 e. The van der Waals surface area contributed by atoms with Gasteiger partial charge >= 0.3 is 0 Å². The van der Waals surface area contributed by atoms with Gasteiger partial charge in [0, 0.05) is 42.9 Å². The van der Waals surface area contributed by atoms with E-state index >= 15 is 0 Å². The summed E-state index contributed by atoms with van der Waals surface area (Å²) < 4.78 is 61.2. The minimum absolute atomic E-state index is 0.0644. The van der Waals surface area contributed by atoms with Crippen LogP contribution in [0.5, 0.6) is 0 Å². The van der Waals surface area contributed by atoms with Crippen LogP contribution in [0.25, 0.3) is 22.2 Å². The fourth-order valence-electron chi connectivity index (χ4n) is 6.11. The van der Waals surface area contributed by atoms with Crippen LogP contribution in [0, 0.1) is 25.5 Å². The lowest BCUT2D eigenvalue weighted by molar-refractivity contribution is -0.117. The van der Waals surface area contributed by atoms with Gasteiger partial charge in [0.15, 0.2) is 11.6 Å². The number of carbonyl (C=O) groups is 1. The van der Waals surface area contributed by atoms with Crippen molar-refractivity contribution in [2.75, 3.05) is 24.2 Å². The first-order chi connectivity index (χ1) is 19.0. The Balaban J connectivity index is 1.48. The molecule has 4 aromatic rings. The first-order valence-corrected chi connectivity index (χ1v) is 15.0. The van der Waals surface area contributed by atoms with Crippen LogP contribution in [0.15, 0.2) is 40.9 Å². The highest BCUT2D eigenvalue weighted by atomic mass is 32.2. The second-order valence-corrected chi connectivity index (χ2v) is 12.5. The Labute approximate surface area is 230 Å². The Hall–Kier alpha value is -3.64. The molecule has 0 spiro atoms. The number of halogens is 2. The van der Waals surface area contributed by atoms with Crippen molar-refractivity contribution in [3.05, 3.63) is 65.3 Å². The molecule has 12 heteroatoms. The lowest BCUT2D eigenvalue weighted by atomic mass is 10.0. The van der Waals surface area contributed by atoms with Gasteiger partial charge in [0.05, 0.1) is 29.0 Å². The molecule has 210 valence electrons. The van der Waals surface area contributed by atoms with Gasteiger partial charge in [0.25, 0.3) is 0 Å². The zero-order valence-electron chi connectivity index (χ0n) is 22.4. The van der Waals surface area contributed by atoms with Crippen molar-refractivity contribution in [1.82, 2.24) is 19.0 Å². The first-order valence-electron chi connectivity index (χ1n) is 13.2. The number of aromatic nitrogens is 3. The molecule has 0 aliphatic carbocycles. The standard InChI is InChI=1S/C28H29F2N5O4S/c1-16-27(17(2)39-32-16)18-4-7-24-23(14-18)31-28(35(24)19-10-12-33(13-11-19)40(3,37)38)25-8-9-26(36)34(25)20-5-6-21(29)22(30)15-20/h4-7,14-15,19,25H,8-13H2,1-3H3. The van der Waals surface area contributed by atoms with Crippen molar-refractivity contribution < 1.29 is 26.5 Å². The second kappa shape index (κ2) is 9.77. The van der Waals surface area contributed by atoms with Crippen LogP contribution < -0.4 is 4.90 Å². The van der Waals surface area contributed by atoms with E-state index < -0.39 is 27.7 Å². The number of hydrogen-bond acceptors (Lipinski definition) is 6. The summed E-state index contributed by atoms with van der Waals surface area (Å²) in [6, 6.07) is 8.83. The van der Waals surface area contributed by atoms with Gasteiger partial charge in [-0.2, -0.15) is 0 Å². The largest absolute Gasteiger partial charge is 0.361 e. The molecule has 1 amide bonds. The number of piperidine rings is 1.